The second kappa shape index (κ2) is 7.12. The fourth-order valence-corrected chi connectivity index (χ4v) is 2.26. The lowest BCUT2D eigenvalue weighted by Gasteiger charge is -2.09. The van der Waals surface area contributed by atoms with E-state index in [4.69, 9.17) is 9.15 Å². The fourth-order valence-electron chi connectivity index (χ4n) is 2.26. The molecule has 25 heavy (non-hydrogen) atoms. The van der Waals surface area contributed by atoms with Gasteiger partial charge < -0.3 is 14.5 Å². The number of carbonyl (C=O) groups is 1. The molecule has 3 aromatic rings. The molecule has 1 aromatic heterocycles. The van der Waals surface area contributed by atoms with Crippen molar-refractivity contribution in [2.75, 3.05) is 12.4 Å². The highest BCUT2D eigenvalue weighted by Crippen LogP contribution is 2.21. The second-order valence-electron chi connectivity index (χ2n) is 5.38. The maximum absolute atomic E-state index is 13.0. The molecule has 2 aromatic carbocycles. The van der Waals surface area contributed by atoms with Gasteiger partial charge in [0.15, 0.2) is 0 Å². The molecular weight excluding hydrogens is 325 g/mol. The topological polar surface area (TPSA) is 77.2 Å². The van der Waals surface area contributed by atoms with Crippen LogP contribution in [0.15, 0.2) is 46.9 Å². The molecular formula is C18H16FN3O3. The summed E-state index contributed by atoms with van der Waals surface area (Å²) in [6.07, 6.45) is 0. The van der Waals surface area contributed by atoms with Crippen LogP contribution in [0.5, 0.6) is 0 Å². The number of ether oxygens (including phenoxy) is 1. The van der Waals surface area contributed by atoms with Crippen molar-refractivity contribution in [2.24, 2.45) is 0 Å². The molecule has 128 valence electrons. The summed E-state index contributed by atoms with van der Waals surface area (Å²) in [5, 5.41) is 11.1. The molecule has 0 radical (unpaired) electrons. The monoisotopic (exact) mass is 341 g/mol. The van der Waals surface area contributed by atoms with Crippen LogP contribution in [-0.2, 0) is 11.3 Å². The number of aromatic nitrogens is 2. The van der Waals surface area contributed by atoms with E-state index in [-0.39, 0.29) is 5.82 Å². The van der Waals surface area contributed by atoms with E-state index in [1.807, 2.05) is 13.0 Å². The van der Waals surface area contributed by atoms with Crippen molar-refractivity contribution in [1.29, 1.82) is 0 Å². The zero-order valence-electron chi connectivity index (χ0n) is 13.7. The summed E-state index contributed by atoms with van der Waals surface area (Å²) in [6.45, 7) is 2.21. The van der Waals surface area contributed by atoms with Crippen molar-refractivity contribution in [2.45, 2.75) is 13.5 Å². The number of methoxy groups -OCH3 is 1. The van der Waals surface area contributed by atoms with Gasteiger partial charge in [-0.25, -0.2) is 9.18 Å². The summed E-state index contributed by atoms with van der Waals surface area (Å²) in [7, 11) is 1.34. The lowest BCUT2D eigenvalue weighted by molar-refractivity contribution is 0.0601. The number of nitrogens with one attached hydrogen (secondary N) is 1. The highest BCUT2D eigenvalue weighted by molar-refractivity contribution is 5.90. The third-order valence-electron chi connectivity index (χ3n) is 3.65. The summed E-state index contributed by atoms with van der Waals surface area (Å²) in [5.74, 6) is -0.0374. The van der Waals surface area contributed by atoms with Gasteiger partial charge >= 0.3 is 5.97 Å². The summed E-state index contributed by atoms with van der Waals surface area (Å²) in [4.78, 5) is 11.6. The fraction of sp³-hybridized carbons (Fsp3) is 0.167. The van der Waals surface area contributed by atoms with E-state index in [0.29, 0.717) is 29.5 Å². The first-order valence-electron chi connectivity index (χ1n) is 7.58. The Bertz CT molecular complexity index is 891. The molecule has 0 aliphatic rings. The number of rotatable bonds is 5. The Hall–Kier alpha value is -3.22. The summed E-state index contributed by atoms with van der Waals surface area (Å²) in [5.41, 5.74) is 2.83. The van der Waals surface area contributed by atoms with E-state index in [0.717, 1.165) is 11.3 Å². The molecule has 0 bridgehead atoms. The molecule has 0 saturated carbocycles. The summed E-state index contributed by atoms with van der Waals surface area (Å²) in [6, 6.07) is 11.0. The number of carbonyl (C=O) groups excluding carboxylic acids is 1. The van der Waals surface area contributed by atoms with Crippen molar-refractivity contribution in [3.05, 3.63) is 65.3 Å². The number of aryl methyl sites for hydroxylation is 1. The van der Waals surface area contributed by atoms with E-state index in [1.54, 1.807) is 24.3 Å². The van der Waals surface area contributed by atoms with Gasteiger partial charge in [-0.3, -0.25) is 0 Å². The Morgan fingerprint density at radius 1 is 1.20 bits per heavy atom. The van der Waals surface area contributed by atoms with Crippen molar-refractivity contribution in [3.8, 4) is 11.5 Å². The maximum Gasteiger partial charge on any atom is 0.337 e. The van der Waals surface area contributed by atoms with Crippen molar-refractivity contribution in [3.63, 3.8) is 0 Å². The summed E-state index contributed by atoms with van der Waals surface area (Å²) < 4.78 is 23.3. The molecule has 0 aliphatic carbocycles. The number of benzene rings is 2. The number of hydrogen-bond acceptors (Lipinski definition) is 6. The average Bonchev–Trinajstić information content (AvgIpc) is 3.10. The third kappa shape index (κ3) is 3.82. The number of halogens is 1. The smallest absolute Gasteiger partial charge is 0.337 e. The highest BCUT2D eigenvalue weighted by atomic mass is 19.1. The van der Waals surface area contributed by atoms with E-state index in [2.05, 4.69) is 15.5 Å². The first kappa shape index (κ1) is 16.6. The second-order valence-corrected chi connectivity index (χ2v) is 5.38. The minimum Gasteiger partial charge on any atom is -0.465 e. The predicted octanol–water partition coefficient (Wildman–Crippen LogP) is 3.58. The van der Waals surface area contributed by atoms with Crippen molar-refractivity contribution in [1.82, 2.24) is 10.2 Å². The van der Waals surface area contributed by atoms with Gasteiger partial charge in [0.2, 0.25) is 11.8 Å². The maximum atomic E-state index is 13.0. The average molecular weight is 341 g/mol. The summed E-state index contributed by atoms with van der Waals surface area (Å²) >= 11 is 0. The minimum absolute atomic E-state index is 0.291. The molecule has 0 aliphatic heterocycles. The Morgan fingerprint density at radius 2 is 1.96 bits per heavy atom. The van der Waals surface area contributed by atoms with E-state index < -0.39 is 5.97 Å². The van der Waals surface area contributed by atoms with Crippen LogP contribution in [0.4, 0.5) is 10.1 Å². The lowest BCUT2D eigenvalue weighted by Crippen LogP contribution is -2.05. The first-order valence-corrected chi connectivity index (χ1v) is 7.58. The van der Waals surface area contributed by atoms with Crippen LogP contribution in [0.25, 0.3) is 11.5 Å². The molecule has 0 atom stereocenters. The SMILES string of the molecule is COC(=O)c1ccc(C)c(NCc2nnc(-c3ccc(F)cc3)o2)c1. The largest absolute Gasteiger partial charge is 0.465 e. The standard InChI is InChI=1S/C18H16FN3O3/c1-11-3-4-13(18(23)24-2)9-15(11)20-10-16-21-22-17(25-16)12-5-7-14(19)8-6-12/h3-9,20H,10H2,1-2H3. The van der Waals surface area contributed by atoms with E-state index in [9.17, 15) is 9.18 Å². The van der Waals surface area contributed by atoms with Crippen LogP contribution in [0.3, 0.4) is 0 Å². The van der Waals surface area contributed by atoms with E-state index in [1.165, 1.54) is 19.2 Å². The Balaban J connectivity index is 1.72. The third-order valence-corrected chi connectivity index (χ3v) is 3.65. The number of hydrogen-bond donors (Lipinski definition) is 1. The zero-order valence-corrected chi connectivity index (χ0v) is 13.7. The van der Waals surface area contributed by atoms with Crippen LogP contribution in [0.1, 0.15) is 21.8 Å². The molecule has 7 heteroatoms. The molecule has 0 unspecified atom stereocenters. The minimum atomic E-state index is -0.403. The number of anilines is 1. The molecule has 0 saturated heterocycles. The normalized spacial score (nSPS) is 10.5. The molecule has 0 amide bonds. The van der Waals surface area contributed by atoms with Crippen LogP contribution in [0.2, 0.25) is 0 Å². The van der Waals surface area contributed by atoms with Gasteiger partial charge in [0.05, 0.1) is 19.2 Å². The highest BCUT2D eigenvalue weighted by Gasteiger charge is 2.11. The van der Waals surface area contributed by atoms with Gasteiger partial charge in [-0.2, -0.15) is 0 Å². The quantitative estimate of drug-likeness (QED) is 0.715. The molecule has 0 fully saturated rings. The molecule has 0 spiro atoms. The van der Waals surface area contributed by atoms with E-state index >= 15 is 0 Å². The Labute approximate surface area is 143 Å². The Kier molecular flexibility index (Phi) is 4.74. The Morgan fingerprint density at radius 3 is 2.68 bits per heavy atom. The van der Waals surface area contributed by atoms with Crippen molar-refractivity contribution < 1.29 is 18.3 Å². The van der Waals surface area contributed by atoms with Gasteiger partial charge in [-0.05, 0) is 48.9 Å². The van der Waals surface area contributed by atoms with Crippen molar-refractivity contribution >= 4 is 11.7 Å². The van der Waals surface area contributed by atoms with Gasteiger partial charge in [-0.1, -0.05) is 6.07 Å². The van der Waals surface area contributed by atoms with Crippen LogP contribution < -0.4 is 5.32 Å². The van der Waals surface area contributed by atoms with Crippen LogP contribution in [-0.4, -0.2) is 23.3 Å². The van der Waals surface area contributed by atoms with Gasteiger partial charge in [0.1, 0.15) is 5.82 Å². The van der Waals surface area contributed by atoms with Gasteiger partial charge in [-0.15, -0.1) is 10.2 Å². The molecule has 1 N–H and O–H groups in total. The van der Waals surface area contributed by atoms with Crippen LogP contribution in [0, 0.1) is 12.7 Å². The zero-order chi connectivity index (χ0) is 17.8. The van der Waals surface area contributed by atoms with Crippen LogP contribution >= 0.6 is 0 Å². The number of esters is 1. The number of nitrogens with zero attached hydrogens (tertiary/aromatic N) is 2. The molecule has 3 rings (SSSR count). The molecule has 1 heterocycles. The first-order chi connectivity index (χ1) is 12.1. The lowest BCUT2D eigenvalue weighted by atomic mass is 10.1. The van der Waals surface area contributed by atoms with Gasteiger partial charge in [0, 0.05) is 11.3 Å². The van der Waals surface area contributed by atoms with Gasteiger partial charge in [0.25, 0.3) is 0 Å². The molecule has 6 nitrogen and oxygen atoms in total. The predicted molar refractivity (Wildman–Crippen MR) is 89.5 cm³/mol.